The lowest BCUT2D eigenvalue weighted by Crippen LogP contribution is -2.10. The number of hydrogen-bond donors (Lipinski definition) is 0. The molecule has 0 spiro atoms. The Bertz CT molecular complexity index is 1130. The fourth-order valence-corrected chi connectivity index (χ4v) is 4.10. The van der Waals surface area contributed by atoms with E-state index in [1.165, 1.54) is 15.0 Å². The Morgan fingerprint density at radius 1 is 0.885 bits per heavy atom. The summed E-state index contributed by atoms with van der Waals surface area (Å²) < 4.78 is 3.22. The predicted molar refractivity (Wildman–Crippen MR) is 105 cm³/mol. The lowest BCUT2D eigenvalue weighted by molar-refractivity contribution is -0.492. The van der Waals surface area contributed by atoms with Crippen LogP contribution in [0.4, 0.5) is 5.69 Å². The van der Waals surface area contributed by atoms with Crippen LogP contribution >= 0.6 is 11.3 Å². The SMILES string of the molecule is c1ccc(-c2cccc([N+]3=NN=C(c4cc5ccccc5s4)C3)c2)nc1. The fourth-order valence-electron chi connectivity index (χ4n) is 3.07. The molecule has 0 fully saturated rings. The third kappa shape index (κ3) is 2.72. The van der Waals surface area contributed by atoms with Crippen LogP contribution in [0.25, 0.3) is 21.3 Å². The van der Waals surface area contributed by atoms with Gasteiger partial charge < -0.3 is 0 Å². The van der Waals surface area contributed by atoms with E-state index in [0.29, 0.717) is 6.54 Å². The molecule has 3 heterocycles. The van der Waals surface area contributed by atoms with Gasteiger partial charge in [0.2, 0.25) is 5.71 Å². The summed E-state index contributed by atoms with van der Waals surface area (Å²) in [6.45, 7) is 0.679. The first-order chi connectivity index (χ1) is 12.9. The number of pyridine rings is 1. The lowest BCUT2D eigenvalue weighted by atomic mass is 10.1. The fraction of sp³-hybridized carbons (Fsp3) is 0.0476. The first kappa shape index (κ1) is 15.1. The Kier molecular flexibility index (Phi) is 3.65. The second-order valence-electron chi connectivity index (χ2n) is 6.11. The average Bonchev–Trinajstić information content (AvgIpc) is 3.36. The van der Waals surface area contributed by atoms with Crippen LogP contribution in [-0.4, -0.2) is 21.9 Å². The minimum Gasteiger partial charge on any atom is -0.256 e. The van der Waals surface area contributed by atoms with Crippen molar-refractivity contribution in [3.8, 4) is 11.3 Å². The molecular weight excluding hydrogens is 340 g/mol. The smallest absolute Gasteiger partial charge is 0.241 e. The topological polar surface area (TPSA) is 40.6 Å². The predicted octanol–water partition coefficient (Wildman–Crippen LogP) is 5.48. The molecule has 4 aromatic rings. The second kappa shape index (κ2) is 6.28. The number of nitrogens with zero attached hydrogens (tertiary/aromatic N) is 4. The molecule has 0 saturated carbocycles. The number of rotatable bonds is 3. The highest BCUT2D eigenvalue weighted by Crippen LogP contribution is 2.29. The van der Waals surface area contributed by atoms with Crippen molar-refractivity contribution in [1.82, 2.24) is 4.98 Å². The number of fused-ring (bicyclic) bond motifs is 1. The Balaban J connectivity index is 1.42. The van der Waals surface area contributed by atoms with Crippen LogP contribution in [0, 0.1) is 0 Å². The zero-order valence-corrected chi connectivity index (χ0v) is 14.7. The minimum atomic E-state index is 0.679. The van der Waals surface area contributed by atoms with Crippen molar-refractivity contribution in [2.75, 3.05) is 6.54 Å². The highest BCUT2D eigenvalue weighted by atomic mass is 32.1. The normalized spacial score (nSPS) is 13.7. The minimum absolute atomic E-state index is 0.679. The van der Waals surface area contributed by atoms with E-state index >= 15 is 0 Å². The molecular formula is C21H15N4S+. The Morgan fingerprint density at radius 2 is 1.81 bits per heavy atom. The maximum absolute atomic E-state index is 4.43. The van der Waals surface area contributed by atoms with Gasteiger partial charge in [-0.25, -0.2) is 0 Å². The van der Waals surface area contributed by atoms with E-state index in [9.17, 15) is 0 Å². The van der Waals surface area contributed by atoms with Crippen molar-refractivity contribution in [3.63, 3.8) is 0 Å². The number of hydrogen-bond acceptors (Lipinski definition) is 4. The zero-order chi connectivity index (χ0) is 17.3. The molecule has 0 aliphatic carbocycles. The summed E-state index contributed by atoms with van der Waals surface area (Å²) in [5, 5.41) is 10.1. The molecule has 0 atom stereocenters. The lowest BCUT2D eigenvalue weighted by Gasteiger charge is -2.02. The first-order valence-corrected chi connectivity index (χ1v) is 9.24. The van der Waals surface area contributed by atoms with Gasteiger partial charge in [0.1, 0.15) is 5.22 Å². The average molecular weight is 355 g/mol. The molecule has 124 valence electrons. The molecule has 0 amide bonds. The van der Waals surface area contributed by atoms with E-state index in [0.717, 1.165) is 22.7 Å². The highest BCUT2D eigenvalue weighted by Gasteiger charge is 2.25. The van der Waals surface area contributed by atoms with Crippen molar-refractivity contribution in [3.05, 3.63) is 83.9 Å². The van der Waals surface area contributed by atoms with Crippen molar-refractivity contribution in [2.45, 2.75) is 0 Å². The van der Waals surface area contributed by atoms with Gasteiger partial charge in [-0.15, -0.1) is 16.0 Å². The molecule has 26 heavy (non-hydrogen) atoms. The van der Waals surface area contributed by atoms with Crippen LogP contribution in [-0.2, 0) is 0 Å². The highest BCUT2D eigenvalue weighted by molar-refractivity contribution is 7.20. The summed E-state index contributed by atoms with van der Waals surface area (Å²) in [7, 11) is 0. The van der Waals surface area contributed by atoms with Crippen LogP contribution in [0.15, 0.2) is 89.3 Å². The molecule has 4 nitrogen and oxygen atoms in total. The van der Waals surface area contributed by atoms with E-state index < -0.39 is 0 Å². The van der Waals surface area contributed by atoms with E-state index in [2.05, 4.69) is 63.8 Å². The third-order valence-corrected chi connectivity index (χ3v) is 5.55. The van der Waals surface area contributed by atoms with E-state index in [4.69, 9.17) is 0 Å². The Labute approximate surface area is 154 Å². The molecule has 5 rings (SSSR count). The van der Waals surface area contributed by atoms with E-state index in [-0.39, 0.29) is 0 Å². The molecule has 0 unspecified atom stereocenters. The van der Waals surface area contributed by atoms with Crippen molar-refractivity contribution in [1.29, 1.82) is 0 Å². The summed E-state index contributed by atoms with van der Waals surface area (Å²) in [6.07, 6.45) is 1.81. The molecule has 2 aromatic heterocycles. The van der Waals surface area contributed by atoms with Crippen LogP contribution < -0.4 is 0 Å². The summed E-state index contributed by atoms with van der Waals surface area (Å²) in [5.41, 5.74) is 4.07. The van der Waals surface area contributed by atoms with Gasteiger partial charge in [-0.05, 0) is 41.8 Å². The van der Waals surface area contributed by atoms with Gasteiger partial charge in [0.15, 0.2) is 12.2 Å². The maximum Gasteiger partial charge on any atom is 0.241 e. The van der Waals surface area contributed by atoms with Crippen molar-refractivity contribution >= 4 is 32.8 Å². The van der Waals surface area contributed by atoms with Crippen molar-refractivity contribution in [2.24, 2.45) is 10.3 Å². The molecule has 0 N–H and O–H groups in total. The molecule has 1 aliphatic heterocycles. The summed E-state index contributed by atoms with van der Waals surface area (Å²) in [5.74, 6) is 0. The van der Waals surface area contributed by atoms with E-state index in [1.54, 1.807) is 11.3 Å². The van der Waals surface area contributed by atoms with Gasteiger partial charge >= 0.3 is 0 Å². The van der Waals surface area contributed by atoms with Gasteiger partial charge in [0.25, 0.3) is 0 Å². The standard InChI is InChI=1S/C21H15N4S/c1-2-10-20-16(6-1)13-21(26-20)19-14-25(24-23-19)17-8-5-7-15(12-17)18-9-3-4-11-22-18/h1-13H,14H2/q+1. The summed E-state index contributed by atoms with van der Waals surface area (Å²) in [6, 6.07) is 24.8. The van der Waals surface area contributed by atoms with Crippen molar-refractivity contribution < 1.29 is 4.70 Å². The number of aromatic nitrogens is 1. The molecule has 0 radical (unpaired) electrons. The monoisotopic (exact) mass is 355 g/mol. The van der Waals surface area contributed by atoms with Gasteiger partial charge in [0, 0.05) is 16.5 Å². The van der Waals surface area contributed by atoms with Crippen LogP contribution in [0.3, 0.4) is 0 Å². The second-order valence-corrected chi connectivity index (χ2v) is 7.19. The molecule has 0 saturated heterocycles. The van der Waals surface area contributed by atoms with E-state index in [1.807, 2.05) is 35.2 Å². The number of benzene rings is 2. The molecule has 0 bridgehead atoms. The van der Waals surface area contributed by atoms with Crippen LogP contribution in [0.1, 0.15) is 4.88 Å². The zero-order valence-electron chi connectivity index (χ0n) is 13.9. The summed E-state index contributed by atoms with van der Waals surface area (Å²) >= 11 is 1.76. The van der Waals surface area contributed by atoms with Gasteiger partial charge in [0.05, 0.1) is 15.7 Å². The Morgan fingerprint density at radius 3 is 2.69 bits per heavy atom. The third-order valence-electron chi connectivity index (χ3n) is 4.39. The maximum atomic E-state index is 4.43. The van der Waals surface area contributed by atoms with Gasteiger partial charge in [-0.1, -0.05) is 36.4 Å². The molecule has 1 aliphatic rings. The van der Waals surface area contributed by atoms with Crippen LogP contribution in [0.2, 0.25) is 0 Å². The van der Waals surface area contributed by atoms with Gasteiger partial charge in [-0.2, -0.15) is 0 Å². The molecule has 5 heteroatoms. The quantitative estimate of drug-likeness (QED) is 0.449. The van der Waals surface area contributed by atoms with Gasteiger partial charge in [-0.3, -0.25) is 4.98 Å². The Hall–Kier alpha value is -3.18. The molecule has 2 aromatic carbocycles. The largest absolute Gasteiger partial charge is 0.256 e. The first-order valence-electron chi connectivity index (χ1n) is 8.42. The van der Waals surface area contributed by atoms with Crippen LogP contribution in [0.5, 0.6) is 0 Å². The number of thiophene rings is 1. The summed E-state index contributed by atoms with van der Waals surface area (Å²) in [4.78, 5) is 5.61.